The maximum atomic E-state index is 8.24. The Labute approximate surface area is 53.4 Å². The predicted molar refractivity (Wildman–Crippen MR) is 34.2 cm³/mol. The molecule has 2 heteroatoms. The smallest absolute Gasteiger partial charge is 0.107 e. The van der Waals surface area contributed by atoms with Crippen LogP contribution in [-0.2, 0) is 6.42 Å². The van der Waals surface area contributed by atoms with Crippen LogP contribution in [0, 0.1) is 0 Å². The molecule has 0 amide bonds. The first-order valence-electron chi connectivity index (χ1n) is 2.75. The summed E-state index contributed by atoms with van der Waals surface area (Å²) < 4.78 is 4.97. The SMILES string of the molecule is O/C=C/Cc1ccco1. The lowest BCUT2D eigenvalue weighted by atomic mass is 10.3. The molecule has 0 saturated heterocycles. The highest BCUT2D eigenvalue weighted by molar-refractivity contribution is 5.02. The minimum Gasteiger partial charge on any atom is -0.516 e. The van der Waals surface area contributed by atoms with E-state index < -0.39 is 0 Å². The highest BCUT2D eigenvalue weighted by Gasteiger charge is 1.87. The molecule has 1 rings (SSSR count). The van der Waals surface area contributed by atoms with Gasteiger partial charge in [-0.05, 0) is 18.2 Å². The lowest BCUT2D eigenvalue weighted by Crippen LogP contribution is -1.71. The Morgan fingerprint density at radius 3 is 3.11 bits per heavy atom. The van der Waals surface area contributed by atoms with Crippen molar-refractivity contribution in [2.24, 2.45) is 0 Å². The molecule has 0 aromatic carbocycles. The largest absolute Gasteiger partial charge is 0.516 e. The molecule has 9 heavy (non-hydrogen) atoms. The summed E-state index contributed by atoms with van der Waals surface area (Å²) >= 11 is 0. The zero-order valence-corrected chi connectivity index (χ0v) is 4.95. The average Bonchev–Trinajstić information content (AvgIpc) is 2.34. The third kappa shape index (κ3) is 1.64. The van der Waals surface area contributed by atoms with Crippen molar-refractivity contribution < 1.29 is 9.52 Å². The Kier molecular flexibility index (Phi) is 1.96. The van der Waals surface area contributed by atoms with E-state index in [4.69, 9.17) is 9.52 Å². The second-order valence-electron chi connectivity index (χ2n) is 1.67. The van der Waals surface area contributed by atoms with Gasteiger partial charge in [0, 0.05) is 6.42 Å². The van der Waals surface area contributed by atoms with E-state index in [1.54, 1.807) is 12.3 Å². The van der Waals surface area contributed by atoms with Crippen LogP contribution in [-0.4, -0.2) is 5.11 Å². The van der Waals surface area contributed by atoms with Gasteiger partial charge >= 0.3 is 0 Å². The van der Waals surface area contributed by atoms with Crippen LogP contribution < -0.4 is 0 Å². The first-order valence-corrected chi connectivity index (χ1v) is 2.75. The van der Waals surface area contributed by atoms with Crippen molar-refractivity contribution in [3.05, 3.63) is 36.5 Å². The number of hydrogen-bond acceptors (Lipinski definition) is 2. The van der Waals surface area contributed by atoms with Crippen molar-refractivity contribution in [1.82, 2.24) is 0 Å². The molecule has 48 valence electrons. The number of allylic oxidation sites excluding steroid dienone is 1. The number of furan rings is 1. The average molecular weight is 124 g/mol. The van der Waals surface area contributed by atoms with E-state index in [2.05, 4.69) is 0 Å². The molecule has 1 heterocycles. The molecule has 0 saturated carbocycles. The van der Waals surface area contributed by atoms with Crippen molar-refractivity contribution in [2.45, 2.75) is 6.42 Å². The van der Waals surface area contributed by atoms with Crippen LogP contribution in [0.3, 0.4) is 0 Å². The quantitative estimate of drug-likeness (QED) is 0.611. The molecule has 0 aliphatic heterocycles. The molecular formula is C7H8O2. The minimum absolute atomic E-state index is 0.656. The van der Waals surface area contributed by atoms with Crippen molar-refractivity contribution >= 4 is 0 Å². The molecule has 1 N–H and O–H groups in total. The van der Waals surface area contributed by atoms with Crippen LogP contribution in [0.4, 0.5) is 0 Å². The summed E-state index contributed by atoms with van der Waals surface area (Å²) in [6.07, 6.45) is 4.91. The van der Waals surface area contributed by atoms with Crippen LogP contribution in [0.2, 0.25) is 0 Å². The van der Waals surface area contributed by atoms with E-state index in [9.17, 15) is 0 Å². The molecule has 2 nitrogen and oxygen atoms in total. The highest BCUT2D eigenvalue weighted by atomic mass is 16.3. The minimum atomic E-state index is 0.656. The van der Waals surface area contributed by atoms with Crippen LogP contribution in [0.5, 0.6) is 0 Å². The molecule has 1 aromatic heterocycles. The third-order valence-corrected chi connectivity index (χ3v) is 1.00. The fourth-order valence-electron chi connectivity index (χ4n) is 0.598. The summed E-state index contributed by atoms with van der Waals surface area (Å²) in [6, 6.07) is 3.68. The molecule has 0 spiro atoms. The highest BCUT2D eigenvalue weighted by Crippen LogP contribution is 2.00. The number of aliphatic hydroxyl groups is 1. The fraction of sp³-hybridized carbons (Fsp3) is 0.143. The first kappa shape index (κ1) is 5.95. The van der Waals surface area contributed by atoms with E-state index >= 15 is 0 Å². The predicted octanol–water partition coefficient (Wildman–Crippen LogP) is 1.89. The van der Waals surface area contributed by atoms with Gasteiger partial charge in [0.25, 0.3) is 0 Å². The molecule has 0 fully saturated rings. The van der Waals surface area contributed by atoms with E-state index in [1.165, 1.54) is 0 Å². The molecule has 0 bridgehead atoms. The van der Waals surface area contributed by atoms with Gasteiger partial charge in [0.15, 0.2) is 0 Å². The summed E-state index contributed by atoms with van der Waals surface area (Å²) in [4.78, 5) is 0. The van der Waals surface area contributed by atoms with Gasteiger partial charge in [-0.15, -0.1) is 0 Å². The van der Waals surface area contributed by atoms with Crippen LogP contribution >= 0.6 is 0 Å². The molecule has 0 aliphatic carbocycles. The Bertz CT molecular complexity index is 175. The Morgan fingerprint density at radius 1 is 1.67 bits per heavy atom. The topological polar surface area (TPSA) is 33.4 Å². The number of hydrogen-bond donors (Lipinski definition) is 1. The van der Waals surface area contributed by atoms with Gasteiger partial charge in [-0.3, -0.25) is 0 Å². The molecule has 0 radical (unpaired) electrons. The van der Waals surface area contributed by atoms with E-state index in [1.807, 2.05) is 12.1 Å². The second kappa shape index (κ2) is 2.97. The first-order chi connectivity index (χ1) is 4.43. The summed E-state index contributed by atoms with van der Waals surface area (Å²) in [5.74, 6) is 0.861. The summed E-state index contributed by atoms with van der Waals surface area (Å²) in [7, 11) is 0. The van der Waals surface area contributed by atoms with E-state index in [0.717, 1.165) is 12.0 Å². The molecule has 0 unspecified atom stereocenters. The number of rotatable bonds is 2. The third-order valence-electron chi connectivity index (χ3n) is 1.00. The fourth-order valence-corrected chi connectivity index (χ4v) is 0.598. The van der Waals surface area contributed by atoms with E-state index in [-0.39, 0.29) is 0 Å². The Morgan fingerprint density at radius 2 is 2.56 bits per heavy atom. The second-order valence-corrected chi connectivity index (χ2v) is 1.67. The maximum absolute atomic E-state index is 8.24. The molecule has 0 atom stereocenters. The zero-order chi connectivity index (χ0) is 6.53. The summed E-state index contributed by atoms with van der Waals surface area (Å²) in [5.41, 5.74) is 0. The van der Waals surface area contributed by atoms with Gasteiger partial charge in [0.2, 0.25) is 0 Å². The van der Waals surface area contributed by atoms with Crippen LogP contribution in [0.1, 0.15) is 5.76 Å². The molecule has 0 aliphatic rings. The summed E-state index contributed by atoms with van der Waals surface area (Å²) in [5, 5.41) is 8.24. The lowest BCUT2D eigenvalue weighted by Gasteiger charge is -1.83. The Balaban J connectivity index is 2.48. The molecular weight excluding hydrogens is 116 g/mol. The maximum Gasteiger partial charge on any atom is 0.107 e. The van der Waals surface area contributed by atoms with Crippen molar-refractivity contribution in [3.63, 3.8) is 0 Å². The van der Waals surface area contributed by atoms with Crippen LogP contribution in [0.25, 0.3) is 0 Å². The van der Waals surface area contributed by atoms with Gasteiger partial charge in [-0.25, -0.2) is 0 Å². The molecule has 1 aromatic rings. The Hall–Kier alpha value is -1.18. The zero-order valence-electron chi connectivity index (χ0n) is 4.95. The lowest BCUT2D eigenvalue weighted by molar-refractivity contribution is 0.468. The van der Waals surface area contributed by atoms with Gasteiger partial charge in [-0.2, -0.15) is 0 Å². The standard InChI is InChI=1S/C7H8O2/c8-5-1-3-7-4-2-6-9-7/h1-2,4-6,8H,3H2/b5-1+. The van der Waals surface area contributed by atoms with Crippen molar-refractivity contribution in [3.8, 4) is 0 Å². The number of aliphatic hydroxyl groups excluding tert-OH is 1. The monoisotopic (exact) mass is 124 g/mol. The van der Waals surface area contributed by atoms with Gasteiger partial charge in [0.1, 0.15) is 5.76 Å². The van der Waals surface area contributed by atoms with Crippen molar-refractivity contribution in [1.29, 1.82) is 0 Å². The van der Waals surface area contributed by atoms with Gasteiger partial charge < -0.3 is 9.52 Å². The van der Waals surface area contributed by atoms with E-state index in [0.29, 0.717) is 6.42 Å². The summed E-state index contributed by atoms with van der Waals surface area (Å²) in [6.45, 7) is 0. The van der Waals surface area contributed by atoms with Gasteiger partial charge in [-0.1, -0.05) is 0 Å². The van der Waals surface area contributed by atoms with Crippen LogP contribution in [0.15, 0.2) is 35.2 Å². The van der Waals surface area contributed by atoms with Gasteiger partial charge in [0.05, 0.1) is 12.5 Å². The normalized spacial score (nSPS) is 10.7. The van der Waals surface area contributed by atoms with Crippen molar-refractivity contribution in [2.75, 3.05) is 0 Å².